The zero-order valence-electron chi connectivity index (χ0n) is 16.9. The number of carboxylic acids is 1. The quantitative estimate of drug-likeness (QED) is 0.252. The molecule has 0 aliphatic carbocycles. The van der Waals surface area contributed by atoms with Gasteiger partial charge < -0.3 is 15.5 Å². The lowest BCUT2D eigenvalue weighted by molar-refractivity contribution is -0.384. The third kappa shape index (κ3) is 4.43. The van der Waals surface area contributed by atoms with E-state index in [4.69, 9.17) is 0 Å². The Hall–Kier alpha value is -4.50. The summed E-state index contributed by atoms with van der Waals surface area (Å²) in [6.45, 7) is 0. The average Bonchev–Trinajstić information content (AvgIpc) is 3.23. The second kappa shape index (κ2) is 8.93. The Morgan fingerprint density at radius 3 is 2.18 bits per heavy atom. The lowest BCUT2D eigenvalue weighted by atomic mass is 9.99. The second-order valence-electron chi connectivity index (χ2n) is 7.01. The van der Waals surface area contributed by atoms with Crippen molar-refractivity contribution in [3.63, 3.8) is 0 Å². The van der Waals surface area contributed by atoms with Gasteiger partial charge in [-0.05, 0) is 22.8 Å². The monoisotopic (exact) mass is 460 g/mol. The summed E-state index contributed by atoms with van der Waals surface area (Å²) >= 11 is 1.01. The predicted octanol–water partition coefficient (Wildman–Crippen LogP) is 5.65. The number of nitrogens with one attached hydrogen (secondary N) is 1. The Kier molecular flexibility index (Phi) is 5.88. The maximum Gasteiger partial charge on any atom is 0.339 e. The summed E-state index contributed by atoms with van der Waals surface area (Å²) in [5, 5.41) is 34.9. The molecular formula is C24H16N2O6S. The highest BCUT2D eigenvalue weighted by Gasteiger charge is 2.23. The van der Waals surface area contributed by atoms with E-state index in [1.807, 2.05) is 42.5 Å². The van der Waals surface area contributed by atoms with E-state index in [0.29, 0.717) is 11.1 Å². The summed E-state index contributed by atoms with van der Waals surface area (Å²) in [7, 11) is 0. The van der Waals surface area contributed by atoms with Crippen molar-refractivity contribution >= 4 is 33.9 Å². The molecule has 8 nitrogen and oxygen atoms in total. The molecule has 0 atom stereocenters. The molecule has 0 saturated carbocycles. The molecule has 0 aliphatic rings. The SMILES string of the molecule is O=C(Nc1scc(-c2ccc(-c3ccccc3)cc2)c1C(=O)O)c1cc([N+](=O)[O-])ccc1O. The number of nitro benzene ring substituents is 1. The van der Waals surface area contributed by atoms with Gasteiger partial charge in [0.25, 0.3) is 11.6 Å². The number of rotatable bonds is 6. The third-order valence-corrected chi connectivity index (χ3v) is 5.87. The summed E-state index contributed by atoms with van der Waals surface area (Å²) in [5.41, 5.74) is 2.27. The molecule has 0 unspecified atom stereocenters. The standard InChI is InChI=1S/C24H16N2O6S/c27-20-11-10-17(26(31)32)12-18(20)22(28)25-23-21(24(29)30)19(13-33-23)16-8-6-15(7-9-16)14-4-2-1-3-5-14/h1-13,27H,(H,25,28)(H,29,30). The van der Waals surface area contributed by atoms with Crippen molar-refractivity contribution in [1.82, 2.24) is 0 Å². The van der Waals surface area contributed by atoms with Crippen LogP contribution in [0.4, 0.5) is 10.7 Å². The van der Waals surface area contributed by atoms with Gasteiger partial charge in [-0.3, -0.25) is 14.9 Å². The van der Waals surface area contributed by atoms with Crippen LogP contribution in [0.25, 0.3) is 22.3 Å². The van der Waals surface area contributed by atoms with Crippen molar-refractivity contribution in [1.29, 1.82) is 0 Å². The molecule has 4 aromatic rings. The molecule has 1 amide bonds. The van der Waals surface area contributed by atoms with Crippen molar-refractivity contribution in [2.75, 3.05) is 5.32 Å². The van der Waals surface area contributed by atoms with Gasteiger partial charge in [0.15, 0.2) is 0 Å². The van der Waals surface area contributed by atoms with Gasteiger partial charge >= 0.3 is 5.97 Å². The van der Waals surface area contributed by atoms with Crippen molar-refractivity contribution in [3.05, 3.63) is 99.4 Å². The Labute approximate surface area is 191 Å². The molecule has 0 spiro atoms. The van der Waals surface area contributed by atoms with E-state index in [2.05, 4.69) is 5.32 Å². The highest BCUT2D eigenvalue weighted by atomic mass is 32.1. The lowest BCUT2D eigenvalue weighted by Gasteiger charge is -2.08. The van der Waals surface area contributed by atoms with Gasteiger partial charge in [-0.2, -0.15) is 0 Å². The Bertz CT molecular complexity index is 1360. The predicted molar refractivity (Wildman–Crippen MR) is 125 cm³/mol. The van der Waals surface area contributed by atoms with Crippen molar-refractivity contribution in [2.45, 2.75) is 0 Å². The molecule has 0 saturated heterocycles. The number of thiophene rings is 1. The number of amides is 1. The second-order valence-corrected chi connectivity index (χ2v) is 7.89. The van der Waals surface area contributed by atoms with Crippen LogP contribution >= 0.6 is 11.3 Å². The normalized spacial score (nSPS) is 10.5. The molecule has 4 rings (SSSR count). The Balaban J connectivity index is 1.65. The molecular weight excluding hydrogens is 444 g/mol. The minimum Gasteiger partial charge on any atom is -0.507 e. The maximum atomic E-state index is 12.7. The Morgan fingerprint density at radius 2 is 1.55 bits per heavy atom. The van der Waals surface area contributed by atoms with Crippen LogP contribution in [0.5, 0.6) is 5.75 Å². The number of hydrogen-bond acceptors (Lipinski definition) is 6. The summed E-state index contributed by atoms with van der Waals surface area (Å²) in [6, 6.07) is 20.1. The van der Waals surface area contributed by atoms with Crippen LogP contribution in [-0.4, -0.2) is 27.0 Å². The summed E-state index contributed by atoms with van der Waals surface area (Å²) in [6.07, 6.45) is 0. The van der Waals surface area contributed by atoms with E-state index >= 15 is 0 Å². The number of benzene rings is 3. The number of nitro groups is 1. The van der Waals surface area contributed by atoms with Crippen LogP contribution in [-0.2, 0) is 0 Å². The first kappa shape index (κ1) is 21.7. The zero-order valence-corrected chi connectivity index (χ0v) is 17.7. The molecule has 1 heterocycles. The van der Waals surface area contributed by atoms with E-state index in [0.717, 1.165) is 40.7 Å². The largest absolute Gasteiger partial charge is 0.507 e. The number of anilines is 1. The van der Waals surface area contributed by atoms with E-state index in [1.54, 1.807) is 17.5 Å². The van der Waals surface area contributed by atoms with E-state index in [-0.39, 0.29) is 21.8 Å². The van der Waals surface area contributed by atoms with E-state index in [1.165, 1.54) is 0 Å². The minimum atomic E-state index is -1.24. The molecule has 3 N–H and O–H groups in total. The maximum absolute atomic E-state index is 12.7. The molecule has 3 aromatic carbocycles. The summed E-state index contributed by atoms with van der Waals surface area (Å²) in [4.78, 5) is 34.9. The molecule has 1 aromatic heterocycles. The van der Waals surface area contributed by atoms with Gasteiger partial charge in [0.2, 0.25) is 0 Å². The molecule has 0 fully saturated rings. The first-order valence-electron chi connectivity index (χ1n) is 9.64. The van der Waals surface area contributed by atoms with E-state index < -0.39 is 22.5 Å². The number of carboxylic acid groups (broad SMARTS) is 1. The van der Waals surface area contributed by atoms with Crippen molar-refractivity contribution in [3.8, 4) is 28.0 Å². The fourth-order valence-corrected chi connectivity index (χ4v) is 4.29. The van der Waals surface area contributed by atoms with Gasteiger partial charge in [-0.15, -0.1) is 11.3 Å². The fourth-order valence-electron chi connectivity index (χ4n) is 3.34. The van der Waals surface area contributed by atoms with Crippen LogP contribution in [0, 0.1) is 10.1 Å². The van der Waals surface area contributed by atoms with E-state index in [9.17, 15) is 29.9 Å². The lowest BCUT2D eigenvalue weighted by Crippen LogP contribution is -2.14. The summed E-state index contributed by atoms with van der Waals surface area (Å²) < 4.78 is 0. The molecule has 0 bridgehead atoms. The van der Waals surface area contributed by atoms with Gasteiger partial charge in [0.05, 0.1) is 10.5 Å². The Morgan fingerprint density at radius 1 is 0.909 bits per heavy atom. The number of aromatic carboxylic acids is 1. The van der Waals surface area contributed by atoms with Crippen molar-refractivity contribution < 1.29 is 24.7 Å². The van der Waals surface area contributed by atoms with Gasteiger partial charge in [-0.25, -0.2) is 4.79 Å². The van der Waals surface area contributed by atoms with Gasteiger partial charge in [0, 0.05) is 23.1 Å². The smallest absolute Gasteiger partial charge is 0.339 e. The van der Waals surface area contributed by atoms with Crippen LogP contribution in [0.1, 0.15) is 20.7 Å². The minimum absolute atomic E-state index is 0.0561. The number of nitrogens with zero attached hydrogens (tertiary/aromatic N) is 1. The number of carbonyl (C=O) groups excluding carboxylic acids is 1. The van der Waals surface area contributed by atoms with Crippen LogP contribution in [0.15, 0.2) is 78.2 Å². The van der Waals surface area contributed by atoms with Gasteiger partial charge in [-0.1, -0.05) is 54.6 Å². The van der Waals surface area contributed by atoms with Gasteiger partial charge in [0.1, 0.15) is 16.3 Å². The highest BCUT2D eigenvalue weighted by molar-refractivity contribution is 7.15. The molecule has 164 valence electrons. The molecule has 33 heavy (non-hydrogen) atoms. The molecule has 9 heteroatoms. The van der Waals surface area contributed by atoms with Crippen LogP contribution < -0.4 is 5.32 Å². The van der Waals surface area contributed by atoms with Crippen LogP contribution in [0.3, 0.4) is 0 Å². The molecule has 0 aliphatic heterocycles. The number of carbonyl (C=O) groups is 2. The molecule has 0 radical (unpaired) electrons. The van der Waals surface area contributed by atoms with Crippen LogP contribution in [0.2, 0.25) is 0 Å². The topological polar surface area (TPSA) is 130 Å². The zero-order chi connectivity index (χ0) is 23.5. The summed E-state index contributed by atoms with van der Waals surface area (Å²) in [5.74, 6) is -2.55. The number of aromatic hydroxyl groups is 1. The number of phenolic OH excluding ortho intramolecular Hbond substituents is 1. The fraction of sp³-hybridized carbons (Fsp3) is 0. The number of hydrogen-bond donors (Lipinski definition) is 3. The first-order valence-corrected chi connectivity index (χ1v) is 10.5. The first-order chi connectivity index (χ1) is 15.8. The number of phenols is 1. The average molecular weight is 460 g/mol. The highest BCUT2D eigenvalue weighted by Crippen LogP contribution is 2.37. The number of non-ortho nitro benzene ring substituents is 1. The third-order valence-electron chi connectivity index (χ3n) is 4.97. The van der Waals surface area contributed by atoms with Crippen molar-refractivity contribution in [2.24, 2.45) is 0 Å².